The second kappa shape index (κ2) is 5.00. The third-order valence-corrected chi connectivity index (χ3v) is 4.23. The largest absolute Gasteiger partial charge is 0.421 e. The van der Waals surface area contributed by atoms with E-state index in [-0.39, 0.29) is 5.63 Å². The number of fused-ring (bicyclic) bond motifs is 3. The van der Waals surface area contributed by atoms with Crippen LogP contribution in [0.1, 0.15) is 12.8 Å². The summed E-state index contributed by atoms with van der Waals surface area (Å²) in [5, 5.41) is 0.950. The smallest absolute Gasteiger partial charge is 0.364 e. The second-order valence-corrected chi connectivity index (χ2v) is 5.57. The van der Waals surface area contributed by atoms with Gasteiger partial charge in [0.05, 0.1) is 11.8 Å². The molecule has 0 N–H and O–H groups in total. The van der Waals surface area contributed by atoms with Gasteiger partial charge in [0.2, 0.25) is 0 Å². The molecule has 0 bridgehead atoms. The number of benzene rings is 1. The Balaban J connectivity index is 1.80. The fourth-order valence-corrected chi connectivity index (χ4v) is 3.14. The zero-order chi connectivity index (χ0) is 14.2. The maximum atomic E-state index is 12.0. The first kappa shape index (κ1) is 12.6. The molecule has 0 unspecified atom stereocenters. The van der Waals surface area contributed by atoms with E-state index in [9.17, 15) is 4.79 Å². The molecule has 0 amide bonds. The van der Waals surface area contributed by atoms with Crippen molar-refractivity contribution >= 4 is 22.0 Å². The predicted octanol–water partition coefficient (Wildman–Crippen LogP) is 2.24. The number of rotatable bonds is 3. The number of aromatic nitrogens is 2. The highest BCUT2D eigenvalue weighted by atomic mass is 16.4. The topological polar surface area (TPSA) is 51.3 Å². The Kier molecular flexibility index (Phi) is 3.00. The zero-order valence-corrected chi connectivity index (χ0v) is 11.8. The molecule has 108 valence electrons. The first-order valence-electron chi connectivity index (χ1n) is 7.42. The molecule has 0 atom stereocenters. The van der Waals surface area contributed by atoms with Crippen LogP contribution in [0.2, 0.25) is 0 Å². The third-order valence-electron chi connectivity index (χ3n) is 4.23. The van der Waals surface area contributed by atoms with E-state index < -0.39 is 0 Å². The van der Waals surface area contributed by atoms with Gasteiger partial charge in [0.15, 0.2) is 5.52 Å². The summed E-state index contributed by atoms with van der Waals surface area (Å²) >= 11 is 0. The molecule has 1 aliphatic rings. The van der Waals surface area contributed by atoms with Crippen molar-refractivity contribution in [1.29, 1.82) is 0 Å². The van der Waals surface area contributed by atoms with Gasteiger partial charge in [-0.1, -0.05) is 12.1 Å². The first-order valence-corrected chi connectivity index (χ1v) is 7.42. The maximum Gasteiger partial charge on any atom is 0.364 e. The molecular weight excluding hydrogens is 266 g/mol. The van der Waals surface area contributed by atoms with Crippen molar-refractivity contribution in [2.45, 2.75) is 19.4 Å². The average Bonchev–Trinajstić information content (AvgIpc) is 3.15. The van der Waals surface area contributed by atoms with E-state index in [2.05, 4.69) is 14.5 Å². The normalized spacial score (nSPS) is 16.2. The summed E-state index contributed by atoms with van der Waals surface area (Å²) in [6.45, 7) is 4.20. The second-order valence-electron chi connectivity index (χ2n) is 5.57. The Morgan fingerprint density at radius 3 is 2.81 bits per heavy atom. The van der Waals surface area contributed by atoms with Gasteiger partial charge in [-0.25, -0.2) is 9.78 Å². The summed E-state index contributed by atoms with van der Waals surface area (Å²) in [4.78, 5) is 18.7. The average molecular weight is 283 g/mol. The number of hydrogen-bond donors (Lipinski definition) is 0. The van der Waals surface area contributed by atoms with Crippen LogP contribution in [0.3, 0.4) is 0 Å². The molecule has 0 aliphatic carbocycles. The number of nitrogens with zero attached hydrogens (tertiary/aromatic N) is 3. The molecule has 5 heteroatoms. The molecular formula is C16H17N3O2. The lowest BCUT2D eigenvalue weighted by atomic mass is 10.2. The van der Waals surface area contributed by atoms with E-state index in [1.165, 1.54) is 25.9 Å². The van der Waals surface area contributed by atoms with Crippen molar-refractivity contribution in [2.75, 3.05) is 19.6 Å². The first-order chi connectivity index (χ1) is 10.3. The molecule has 3 aromatic rings. The van der Waals surface area contributed by atoms with Gasteiger partial charge >= 0.3 is 5.63 Å². The van der Waals surface area contributed by atoms with Crippen molar-refractivity contribution in [3.63, 3.8) is 0 Å². The van der Waals surface area contributed by atoms with E-state index >= 15 is 0 Å². The van der Waals surface area contributed by atoms with Crippen LogP contribution < -0.4 is 5.63 Å². The molecule has 3 heterocycles. The molecule has 0 saturated carbocycles. The van der Waals surface area contributed by atoms with E-state index in [0.717, 1.165) is 24.0 Å². The Morgan fingerprint density at radius 2 is 1.95 bits per heavy atom. The van der Waals surface area contributed by atoms with E-state index in [1.54, 1.807) is 6.33 Å². The van der Waals surface area contributed by atoms with Crippen molar-refractivity contribution in [3.05, 3.63) is 41.0 Å². The molecule has 0 radical (unpaired) electrons. The SMILES string of the molecule is O=c1oc2ccccc2c2c1ncn2CCN1CCCC1. The van der Waals surface area contributed by atoms with Crippen molar-refractivity contribution in [1.82, 2.24) is 14.5 Å². The lowest BCUT2D eigenvalue weighted by Gasteiger charge is -2.15. The van der Waals surface area contributed by atoms with Crippen LogP contribution >= 0.6 is 0 Å². The van der Waals surface area contributed by atoms with Crippen LogP contribution in [0.5, 0.6) is 0 Å². The zero-order valence-electron chi connectivity index (χ0n) is 11.8. The highest BCUT2D eigenvalue weighted by molar-refractivity contribution is 6.00. The lowest BCUT2D eigenvalue weighted by molar-refractivity contribution is 0.324. The van der Waals surface area contributed by atoms with Crippen LogP contribution in [-0.2, 0) is 6.54 Å². The Bertz CT molecular complexity index is 843. The molecule has 1 aromatic carbocycles. The molecule has 21 heavy (non-hydrogen) atoms. The minimum Gasteiger partial charge on any atom is -0.421 e. The van der Waals surface area contributed by atoms with Crippen LogP contribution in [0.4, 0.5) is 0 Å². The van der Waals surface area contributed by atoms with E-state index in [0.29, 0.717) is 11.1 Å². The summed E-state index contributed by atoms with van der Waals surface area (Å²) in [5.74, 6) is 0. The third kappa shape index (κ3) is 2.14. The van der Waals surface area contributed by atoms with Gasteiger partial charge in [0.25, 0.3) is 0 Å². The van der Waals surface area contributed by atoms with Gasteiger partial charge in [0.1, 0.15) is 5.58 Å². The standard InChI is InChI=1S/C16H17N3O2/c20-16-14-15(12-5-1-2-6-13(12)21-16)19(11-17-14)10-9-18-7-3-4-8-18/h1-2,5-6,11H,3-4,7-10H2. The fraction of sp³-hybridized carbons (Fsp3) is 0.375. The maximum absolute atomic E-state index is 12.0. The summed E-state index contributed by atoms with van der Waals surface area (Å²) in [6.07, 6.45) is 4.33. The molecule has 1 aliphatic heterocycles. The fourth-order valence-electron chi connectivity index (χ4n) is 3.14. The highest BCUT2D eigenvalue weighted by Crippen LogP contribution is 2.22. The summed E-state index contributed by atoms with van der Waals surface area (Å²) in [6, 6.07) is 7.64. The monoisotopic (exact) mass is 283 g/mol. The lowest BCUT2D eigenvalue weighted by Crippen LogP contribution is -2.23. The van der Waals surface area contributed by atoms with Crippen LogP contribution in [-0.4, -0.2) is 34.1 Å². The highest BCUT2D eigenvalue weighted by Gasteiger charge is 2.15. The molecule has 0 spiro atoms. The van der Waals surface area contributed by atoms with Crippen molar-refractivity contribution < 1.29 is 4.42 Å². The van der Waals surface area contributed by atoms with Crippen molar-refractivity contribution in [2.24, 2.45) is 0 Å². The van der Waals surface area contributed by atoms with Gasteiger partial charge in [-0.15, -0.1) is 0 Å². The Labute approximate surface area is 121 Å². The van der Waals surface area contributed by atoms with Gasteiger partial charge in [-0.2, -0.15) is 0 Å². The number of likely N-dealkylation sites (tertiary alicyclic amines) is 1. The Hall–Kier alpha value is -2.14. The minimum atomic E-state index is -0.358. The van der Waals surface area contributed by atoms with Gasteiger partial charge in [-0.05, 0) is 38.1 Å². The number of hydrogen-bond acceptors (Lipinski definition) is 4. The quantitative estimate of drug-likeness (QED) is 0.692. The summed E-state index contributed by atoms with van der Waals surface area (Å²) < 4.78 is 7.40. The molecule has 1 fully saturated rings. The van der Waals surface area contributed by atoms with Crippen LogP contribution in [0, 0.1) is 0 Å². The van der Waals surface area contributed by atoms with E-state index in [1.807, 2.05) is 24.3 Å². The van der Waals surface area contributed by atoms with Gasteiger partial charge in [0, 0.05) is 18.5 Å². The number of para-hydroxylation sites is 1. The summed E-state index contributed by atoms with van der Waals surface area (Å²) in [5.41, 5.74) is 1.58. The van der Waals surface area contributed by atoms with Crippen LogP contribution in [0.15, 0.2) is 39.8 Å². The van der Waals surface area contributed by atoms with Gasteiger partial charge < -0.3 is 13.9 Å². The molecule has 1 saturated heterocycles. The molecule has 2 aromatic heterocycles. The number of imidazole rings is 1. The predicted molar refractivity (Wildman–Crippen MR) is 81.4 cm³/mol. The summed E-state index contributed by atoms with van der Waals surface area (Å²) in [7, 11) is 0. The molecule has 5 nitrogen and oxygen atoms in total. The molecule has 4 rings (SSSR count). The minimum absolute atomic E-state index is 0.358. The van der Waals surface area contributed by atoms with E-state index in [4.69, 9.17) is 4.42 Å². The Morgan fingerprint density at radius 1 is 1.14 bits per heavy atom. The van der Waals surface area contributed by atoms with Gasteiger partial charge in [-0.3, -0.25) is 0 Å². The van der Waals surface area contributed by atoms with Crippen LogP contribution in [0.25, 0.3) is 22.0 Å². The van der Waals surface area contributed by atoms with Crippen molar-refractivity contribution in [3.8, 4) is 0 Å².